The van der Waals surface area contributed by atoms with E-state index in [0.717, 1.165) is 32.0 Å². The first kappa shape index (κ1) is 9.68. The fourth-order valence-electron chi connectivity index (χ4n) is 1.82. The largest absolute Gasteiger partial charge is 0.381 e. The van der Waals surface area contributed by atoms with E-state index in [4.69, 9.17) is 10.5 Å². The van der Waals surface area contributed by atoms with Gasteiger partial charge in [0.1, 0.15) is 6.29 Å². The van der Waals surface area contributed by atoms with E-state index in [0.29, 0.717) is 12.0 Å². The summed E-state index contributed by atoms with van der Waals surface area (Å²) in [5, 5.41) is 0. The van der Waals surface area contributed by atoms with Crippen LogP contribution in [0.15, 0.2) is 0 Å². The van der Waals surface area contributed by atoms with E-state index in [9.17, 15) is 4.79 Å². The molecule has 1 rings (SSSR count). The highest BCUT2D eigenvalue weighted by atomic mass is 16.5. The first-order chi connectivity index (χ1) is 5.77. The molecule has 1 aliphatic rings. The van der Waals surface area contributed by atoms with Crippen molar-refractivity contribution in [1.29, 1.82) is 0 Å². The Morgan fingerprint density at radius 3 is 2.42 bits per heavy atom. The molecule has 0 saturated heterocycles. The van der Waals surface area contributed by atoms with Gasteiger partial charge in [-0.15, -0.1) is 0 Å². The molecule has 0 aliphatic heterocycles. The number of hydrogen-bond donors (Lipinski definition) is 1. The van der Waals surface area contributed by atoms with Crippen LogP contribution >= 0.6 is 0 Å². The highest BCUT2D eigenvalue weighted by Gasteiger charge is 2.24. The van der Waals surface area contributed by atoms with E-state index in [-0.39, 0.29) is 6.04 Å². The second-order valence-electron chi connectivity index (χ2n) is 3.49. The predicted molar refractivity (Wildman–Crippen MR) is 46.8 cm³/mol. The molecule has 3 heteroatoms. The van der Waals surface area contributed by atoms with Crippen LogP contribution in [0.2, 0.25) is 0 Å². The molecule has 0 aromatic rings. The van der Waals surface area contributed by atoms with E-state index in [1.807, 2.05) is 0 Å². The average Bonchev–Trinajstić information content (AvgIpc) is 2.17. The van der Waals surface area contributed by atoms with Crippen LogP contribution in [-0.2, 0) is 9.53 Å². The number of methoxy groups -OCH3 is 1. The van der Waals surface area contributed by atoms with Crippen LogP contribution in [0.25, 0.3) is 0 Å². The monoisotopic (exact) mass is 171 g/mol. The summed E-state index contributed by atoms with van der Waals surface area (Å²) in [6.45, 7) is 0. The lowest BCUT2D eigenvalue weighted by Gasteiger charge is -2.29. The summed E-state index contributed by atoms with van der Waals surface area (Å²) in [5.41, 5.74) is 5.63. The van der Waals surface area contributed by atoms with Gasteiger partial charge in [0.15, 0.2) is 0 Å². The number of rotatable bonds is 3. The van der Waals surface area contributed by atoms with E-state index in [2.05, 4.69) is 0 Å². The molecule has 1 fully saturated rings. The molecule has 1 aliphatic carbocycles. The number of aldehydes is 1. The summed E-state index contributed by atoms with van der Waals surface area (Å²) >= 11 is 0. The van der Waals surface area contributed by atoms with Crippen molar-refractivity contribution >= 4 is 6.29 Å². The zero-order valence-electron chi connectivity index (χ0n) is 7.53. The van der Waals surface area contributed by atoms with Crippen LogP contribution in [-0.4, -0.2) is 25.5 Å². The van der Waals surface area contributed by atoms with Crippen LogP contribution in [0.1, 0.15) is 25.7 Å². The summed E-state index contributed by atoms with van der Waals surface area (Å²) in [5.74, 6) is 0.383. The van der Waals surface area contributed by atoms with E-state index < -0.39 is 0 Å². The number of nitrogens with two attached hydrogens (primary N) is 1. The topological polar surface area (TPSA) is 52.3 Å². The third-order valence-corrected chi connectivity index (χ3v) is 2.75. The molecular weight excluding hydrogens is 154 g/mol. The van der Waals surface area contributed by atoms with Crippen molar-refractivity contribution in [3.8, 4) is 0 Å². The highest BCUT2D eigenvalue weighted by Crippen LogP contribution is 2.26. The van der Waals surface area contributed by atoms with Crippen molar-refractivity contribution in [2.45, 2.75) is 37.8 Å². The Kier molecular flexibility index (Phi) is 3.69. The number of ether oxygens (including phenoxy) is 1. The molecule has 0 unspecified atom stereocenters. The van der Waals surface area contributed by atoms with Gasteiger partial charge in [-0.1, -0.05) is 0 Å². The molecule has 0 spiro atoms. The summed E-state index contributed by atoms with van der Waals surface area (Å²) in [6, 6.07) is -0.261. The van der Waals surface area contributed by atoms with Gasteiger partial charge in [-0.05, 0) is 31.6 Å². The van der Waals surface area contributed by atoms with Crippen LogP contribution in [0.3, 0.4) is 0 Å². The molecule has 3 nitrogen and oxygen atoms in total. The van der Waals surface area contributed by atoms with E-state index in [1.54, 1.807) is 7.11 Å². The van der Waals surface area contributed by atoms with Crippen molar-refractivity contribution in [3.63, 3.8) is 0 Å². The summed E-state index contributed by atoms with van der Waals surface area (Å²) < 4.78 is 5.22. The summed E-state index contributed by atoms with van der Waals surface area (Å²) in [7, 11) is 1.74. The number of carbonyl (C=O) groups excluding carboxylic acids is 1. The minimum Gasteiger partial charge on any atom is -0.381 e. The van der Waals surface area contributed by atoms with Gasteiger partial charge in [-0.3, -0.25) is 0 Å². The zero-order valence-corrected chi connectivity index (χ0v) is 7.53. The standard InChI is InChI=1S/C9H17NO2/c1-12-8-4-2-7(3-5-8)9(10)6-11/h6-9H,2-5,10H2,1H3/t7?,8?,9-/m0/s1. The Morgan fingerprint density at radius 2 is 2.00 bits per heavy atom. The average molecular weight is 171 g/mol. The van der Waals surface area contributed by atoms with Crippen LogP contribution in [0.5, 0.6) is 0 Å². The maximum atomic E-state index is 10.4. The first-order valence-electron chi connectivity index (χ1n) is 4.51. The van der Waals surface area contributed by atoms with E-state index >= 15 is 0 Å². The quantitative estimate of drug-likeness (QED) is 0.636. The first-order valence-corrected chi connectivity index (χ1v) is 4.51. The van der Waals surface area contributed by atoms with Crippen molar-refractivity contribution in [3.05, 3.63) is 0 Å². The SMILES string of the molecule is COC1CCC([C@@H](N)C=O)CC1. The molecule has 70 valence electrons. The minimum atomic E-state index is -0.261. The molecule has 0 bridgehead atoms. The normalized spacial score (nSPS) is 32.8. The zero-order chi connectivity index (χ0) is 8.97. The molecule has 0 amide bonds. The molecule has 0 radical (unpaired) electrons. The van der Waals surface area contributed by atoms with Crippen molar-refractivity contribution < 1.29 is 9.53 Å². The lowest BCUT2D eigenvalue weighted by molar-refractivity contribution is -0.110. The predicted octanol–water partition coefficient (Wildman–Crippen LogP) is 0.718. The molecule has 2 N–H and O–H groups in total. The molecule has 12 heavy (non-hydrogen) atoms. The van der Waals surface area contributed by atoms with Crippen molar-refractivity contribution in [2.24, 2.45) is 11.7 Å². The smallest absolute Gasteiger partial charge is 0.136 e. The van der Waals surface area contributed by atoms with Gasteiger partial charge >= 0.3 is 0 Å². The molecular formula is C9H17NO2. The maximum Gasteiger partial charge on any atom is 0.136 e. The van der Waals surface area contributed by atoms with Gasteiger partial charge in [-0.2, -0.15) is 0 Å². The molecule has 0 heterocycles. The van der Waals surface area contributed by atoms with Gasteiger partial charge in [0.2, 0.25) is 0 Å². The lowest BCUT2D eigenvalue weighted by atomic mass is 9.83. The van der Waals surface area contributed by atoms with Gasteiger partial charge < -0.3 is 15.3 Å². The maximum absolute atomic E-state index is 10.4. The van der Waals surface area contributed by atoms with Gasteiger partial charge in [0.05, 0.1) is 12.1 Å². The van der Waals surface area contributed by atoms with Gasteiger partial charge in [0.25, 0.3) is 0 Å². The van der Waals surface area contributed by atoms with Crippen LogP contribution < -0.4 is 5.73 Å². The Bertz CT molecular complexity index is 141. The number of hydrogen-bond acceptors (Lipinski definition) is 3. The second-order valence-corrected chi connectivity index (χ2v) is 3.49. The Hall–Kier alpha value is -0.410. The van der Waals surface area contributed by atoms with Crippen molar-refractivity contribution in [2.75, 3.05) is 7.11 Å². The molecule has 1 saturated carbocycles. The fourth-order valence-corrected chi connectivity index (χ4v) is 1.82. The second kappa shape index (κ2) is 4.58. The summed E-state index contributed by atoms with van der Waals surface area (Å²) in [6.07, 6.45) is 5.39. The Morgan fingerprint density at radius 1 is 1.42 bits per heavy atom. The highest BCUT2D eigenvalue weighted by molar-refractivity contribution is 5.57. The van der Waals surface area contributed by atoms with Gasteiger partial charge in [-0.25, -0.2) is 0 Å². The summed E-state index contributed by atoms with van der Waals surface area (Å²) in [4.78, 5) is 10.4. The van der Waals surface area contributed by atoms with Gasteiger partial charge in [0, 0.05) is 7.11 Å². The van der Waals surface area contributed by atoms with E-state index in [1.165, 1.54) is 0 Å². The molecule has 0 aromatic carbocycles. The minimum absolute atomic E-state index is 0.261. The molecule has 0 aromatic heterocycles. The third-order valence-electron chi connectivity index (χ3n) is 2.75. The lowest BCUT2D eigenvalue weighted by Crippen LogP contribution is -2.35. The van der Waals surface area contributed by atoms with Crippen LogP contribution in [0, 0.1) is 5.92 Å². The fraction of sp³-hybridized carbons (Fsp3) is 0.889. The van der Waals surface area contributed by atoms with Crippen molar-refractivity contribution in [1.82, 2.24) is 0 Å². The third kappa shape index (κ3) is 2.29. The molecule has 1 atom stereocenters. The Balaban J connectivity index is 2.30. The number of carbonyl (C=O) groups is 1. The Labute approximate surface area is 73.3 Å². The van der Waals surface area contributed by atoms with Crippen LogP contribution in [0.4, 0.5) is 0 Å².